The molecule has 0 spiro atoms. The summed E-state index contributed by atoms with van der Waals surface area (Å²) in [5.41, 5.74) is 2.20. The zero-order valence-corrected chi connectivity index (χ0v) is 18.6. The van der Waals surface area contributed by atoms with E-state index in [1.54, 1.807) is 30.6 Å². The van der Waals surface area contributed by atoms with Gasteiger partial charge in [-0.15, -0.1) is 0 Å². The maximum atomic E-state index is 15.4. The highest BCUT2D eigenvalue weighted by Crippen LogP contribution is 2.42. The van der Waals surface area contributed by atoms with E-state index in [1.807, 2.05) is 43.3 Å². The first kappa shape index (κ1) is 22.1. The van der Waals surface area contributed by atoms with Gasteiger partial charge in [0.1, 0.15) is 5.82 Å². The van der Waals surface area contributed by atoms with Gasteiger partial charge >= 0.3 is 0 Å². The smallest absolute Gasteiger partial charge is 0.294 e. The number of rotatable bonds is 7. The molecular formula is C25H19Cl2FN2O2. The maximum absolute atomic E-state index is 15.4. The number of carbonyl (C=O) groups is 1. The standard InChI is InChI=1S/C25H19Cl2FN2O2/c1-16-6-2-3-9-19(16)25(32-15-31,20-10-5-11-21(27)23(20)28)13-22-24(30-14-29-22)17-7-4-8-18(26)12-17/h2-12,14-15H,13H2,1H3,(H,29,30). The van der Waals surface area contributed by atoms with Crippen LogP contribution in [0.1, 0.15) is 22.4 Å². The molecule has 0 aliphatic rings. The zero-order valence-electron chi connectivity index (χ0n) is 17.1. The van der Waals surface area contributed by atoms with Crippen molar-refractivity contribution >= 4 is 29.7 Å². The van der Waals surface area contributed by atoms with Gasteiger partial charge in [-0.05, 0) is 30.7 Å². The van der Waals surface area contributed by atoms with Crippen molar-refractivity contribution in [3.63, 3.8) is 0 Å². The van der Waals surface area contributed by atoms with Gasteiger partial charge < -0.3 is 9.72 Å². The molecular weight excluding hydrogens is 450 g/mol. The van der Waals surface area contributed by atoms with E-state index in [0.717, 1.165) is 11.1 Å². The first-order valence-corrected chi connectivity index (χ1v) is 10.6. The van der Waals surface area contributed by atoms with Crippen LogP contribution < -0.4 is 0 Å². The summed E-state index contributed by atoms with van der Waals surface area (Å²) in [5, 5.41) is 0.501. The van der Waals surface area contributed by atoms with E-state index in [-0.39, 0.29) is 17.0 Å². The SMILES string of the molecule is Cc1ccccc1C(Cc1[nH]cnc1-c1cccc(Cl)c1)(OC=O)c1cccc(Cl)c1F. The van der Waals surface area contributed by atoms with Crippen molar-refractivity contribution in [3.05, 3.63) is 111 Å². The van der Waals surface area contributed by atoms with Gasteiger partial charge in [0.15, 0.2) is 5.60 Å². The number of aromatic nitrogens is 2. The highest BCUT2D eigenvalue weighted by Gasteiger charge is 2.42. The van der Waals surface area contributed by atoms with Crippen LogP contribution in [0.15, 0.2) is 73.1 Å². The average molecular weight is 469 g/mol. The second-order valence-corrected chi connectivity index (χ2v) is 8.22. The van der Waals surface area contributed by atoms with Gasteiger partial charge in [0.2, 0.25) is 0 Å². The largest absolute Gasteiger partial charge is 0.451 e. The van der Waals surface area contributed by atoms with Crippen molar-refractivity contribution in [2.45, 2.75) is 18.9 Å². The van der Waals surface area contributed by atoms with Crippen molar-refractivity contribution in [1.82, 2.24) is 9.97 Å². The number of carbonyl (C=O) groups excluding carboxylic acids is 1. The second-order valence-electron chi connectivity index (χ2n) is 7.37. The fourth-order valence-corrected chi connectivity index (χ4v) is 4.38. The minimum atomic E-state index is -1.48. The molecule has 0 aliphatic carbocycles. The highest BCUT2D eigenvalue weighted by molar-refractivity contribution is 6.31. The van der Waals surface area contributed by atoms with Crippen molar-refractivity contribution in [3.8, 4) is 11.3 Å². The third-order valence-electron chi connectivity index (χ3n) is 5.46. The van der Waals surface area contributed by atoms with E-state index in [2.05, 4.69) is 9.97 Å². The highest BCUT2D eigenvalue weighted by atomic mass is 35.5. The van der Waals surface area contributed by atoms with Gasteiger partial charge in [-0.2, -0.15) is 0 Å². The summed E-state index contributed by atoms with van der Waals surface area (Å²) >= 11 is 12.3. The average Bonchev–Trinajstić information content (AvgIpc) is 3.24. The van der Waals surface area contributed by atoms with Gasteiger partial charge in [0.25, 0.3) is 6.47 Å². The van der Waals surface area contributed by atoms with Crippen LogP contribution in [0.5, 0.6) is 0 Å². The maximum Gasteiger partial charge on any atom is 0.294 e. The fraction of sp³-hybridized carbons (Fsp3) is 0.120. The molecule has 0 radical (unpaired) electrons. The number of hydrogen-bond donors (Lipinski definition) is 1. The number of hydrogen-bond acceptors (Lipinski definition) is 3. The van der Waals surface area contributed by atoms with Crippen LogP contribution in [-0.4, -0.2) is 16.4 Å². The molecule has 4 nitrogen and oxygen atoms in total. The third kappa shape index (κ3) is 4.01. The Labute approximate surface area is 195 Å². The number of H-pyrrole nitrogens is 1. The number of nitrogens with zero attached hydrogens (tertiary/aromatic N) is 1. The lowest BCUT2D eigenvalue weighted by molar-refractivity contribution is -0.140. The summed E-state index contributed by atoms with van der Waals surface area (Å²) in [4.78, 5) is 19.4. The third-order valence-corrected chi connectivity index (χ3v) is 5.99. The molecule has 4 rings (SSSR count). The summed E-state index contributed by atoms with van der Waals surface area (Å²) in [6, 6.07) is 19.3. The number of benzene rings is 3. The quantitative estimate of drug-likeness (QED) is 0.315. The van der Waals surface area contributed by atoms with Crippen molar-refractivity contribution in [2.24, 2.45) is 0 Å². The van der Waals surface area contributed by atoms with Gasteiger partial charge in [-0.1, -0.05) is 71.7 Å². The molecule has 1 N–H and O–H groups in total. The second kappa shape index (κ2) is 9.15. The normalized spacial score (nSPS) is 12.9. The van der Waals surface area contributed by atoms with Gasteiger partial charge in [0.05, 0.1) is 17.0 Å². The molecule has 4 aromatic rings. The number of halogens is 3. The van der Waals surface area contributed by atoms with Gasteiger partial charge in [0, 0.05) is 33.8 Å². The van der Waals surface area contributed by atoms with Crippen LogP contribution in [0.25, 0.3) is 11.3 Å². The Hall–Kier alpha value is -3.15. The van der Waals surface area contributed by atoms with E-state index in [4.69, 9.17) is 27.9 Å². The minimum absolute atomic E-state index is 0.0605. The molecule has 1 heterocycles. The number of imidazole rings is 1. The van der Waals surface area contributed by atoms with Gasteiger partial charge in [-0.25, -0.2) is 9.37 Å². The molecule has 32 heavy (non-hydrogen) atoms. The Morgan fingerprint density at radius 3 is 2.56 bits per heavy atom. The summed E-state index contributed by atoms with van der Waals surface area (Å²) in [5.74, 6) is -0.650. The summed E-state index contributed by atoms with van der Waals surface area (Å²) in [7, 11) is 0. The molecule has 3 aromatic carbocycles. The molecule has 0 saturated heterocycles. The molecule has 0 saturated carbocycles. The van der Waals surface area contributed by atoms with Crippen LogP contribution in [0.2, 0.25) is 10.0 Å². The van der Waals surface area contributed by atoms with Crippen LogP contribution in [0.3, 0.4) is 0 Å². The lowest BCUT2D eigenvalue weighted by Gasteiger charge is -2.34. The number of nitrogens with one attached hydrogen (secondary N) is 1. The van der Waals surface area contributed by atoms with E-state index in [0.29, 0.717) is 28.4 Å². The summed E-state index contributed by atoms with van der Waals surface area (Å²) in [6.45, 7) is 2.22. The van der Waals surface area contributed by atoms with E-state index in [9.17, 15) is 4.79 Å². The zero-order chi connectivity index (χ0) is 22.7. The Morgan fingerprint density at radius 2 is 1.81 bits per heavy atom. The number of aryl methyl sites for hydroxylation is 1. The monoisotopic (exact) mass is 468 g/mol. The summed E-state index contributed by atoms with van der Waals surface area (Å²) in [6.07, 6.45) is 1.64. The lowest BCUT2D eigenvalue weighted by Crippen LogP contribution is -2.36. The summed E-state index contributed by atoms with van der Waals surface area (Å²) < 4.78 is 21.1. The number of ether oxygens (including phenoxy) is 1. The van der Waals surface area contributed by atoms with Crippen LogP contribution in [0.4, 0.5) is 4.39 Å². The van der Waals surface area contributed by atoms with E-state index in [1.165, 1.54) is 6.07 Å². The molecule has 0 amide bonds. The van der Waals surface area contributed by atoms with Crippen molar-refractivity contribution < 1.29 is 13.9 Å². The van der Waals surface area contributed by atoms with E-state index >= 15 is 4.39 Å². The molecule has 1 atom stereocenters. The molecule has 1 aromatic heterocycles. The molecule has 1 unspecified atom stereocenters. The van der Waals surface area contributed by atoms with Crippen LogP contribution in [0, 0.1) is 12.7 Å². The Balaban J connectivity index is 1.96. The molecule has 0 fully saturated rings. The molecule has 0 bridgehead atoms. The first-order valence-electron chi connectivity index (χ1n) is 9.86. The minimum Gasteiger partial charge on any atom is -0.451 e. The Morgan fingerprint density at radius 1 is 1.06 bits per heavy atom. The van der Waals surface area contributed by atoms with Gasteiger partial charge in [-0.3, -0.25) is 4.79 Å². The predicted octanol–water partition coefficient (Wildman–Crippen LogP) is 6.49. The number of aromatic amines is 1. The van der Waals surface area contributed by atoms with Crippen LogP contribution in [-0.2, 0) is 21.6 Å². The first-order chi connectivity index (χ1) is 15.5. The van der Waals surface area contributed by atoms with Crippen LogP contribution >= 0.6 is 23.2 Å². The molecule has 7 heteroatoms. The molecule has 162 valence electrons. The molecule has 0 aliphatic heterocycles. The van der Waals surface area contributed by atoms with Crippen molar-refractivity contribution in [2.75, 3.05) is 0 Å². The topological polar surface area (TPSA) is 55.0 Å². The van der Waals surface area contributed by atoms with E-state index < -0.39 is 11.4 Å². The Bertz CT molecular complexity index is 1270. The predicted molar refractivity (Wildman–Crippen MR) is 123 cm³/mol. The van der Waals surface area contributed by atoms with Crippen molar-refractivity contribution in [1.29, 1.82) is 0 Å². The lowest BCUT2D eigenvalue weighted by atomic mass is 9.79. The fourth-order valence-electron chi connectivity index (χ4n) is 4.02. The Kier molecular flexibility index (Phi) is 6.31.